The molecule has 1 N–H and O–H groups in total. The molecule has 0 radical (unpaired) electrons. The minimum Gasteiger partial charge on any atom is -0.467 e. The van der Waals surface area contributed by atoms with Gasteiger partial charge in [0.15, 0.2) is 0 Å². The second-order valence-electron chi connectivity index (χ2n) is 3.81. The molecule has 4 nitrogen and oxygen atoms in total. The number of hydrogen-bond acceptors (Lipinski definition) is 3. The quantitative estimate of drug-likeness (QED) is 0.683. The highest BCUT2D eigenvalue weighted by Crippen LogP contribution is 2.29. The molecule has 0 spiro atoms. The van der Waals surface area contributed by atoms with Crippen molar-refractivity contribution >= 4 is 11.9 Å². The Hall–Kier alpha value is -1.06. The molecule has 80 valence electrons. The van der Waals surface area contributed by atoms with Crippen LogP contribution in [0.5, 0.6) is 0 Å². The first-order valence-corrected chi connectivity index (χ1v) is 5.00. The molecule has 0 aromatic carbocycles. The SMILES string of the molecule is COC(=O)C(C)NC(=O)CC1CCC1. The maximum Gasteiger partial charge on any atom is 0.328 e. The zero-order valence-corrected chi connectivity index (χ0v) is 8.71. The van der Waals surface area contributed by atoms with E-state index in [0.29, 0.717) is 12.3 Å². The van der Waals surface area contributed by atoms with Gasteiger partial charge in [0.2, 0.25) is 5.91 Å². The number of nitrogens with one attached hydrogen (secondary N) is 1. The molecule has 4 heteroatoms. The summed E-state index contributed by atoms with van der Waals surface area (Å²) in [6, 6.07) is -0.535. The summed E-state index contributed by atoms with van der Waals surface area (Å²) < 4.78 is 4.50. The van der Waals surface area contributed by atoms with Crippen LogP contribution >= 0.6 is 0 Å². The van der Waals surface area contributed by atoms with Gasteiger partial charge in [-0.05, 0) is 25.7 Å². The van der Waals surface area contributed by atoms with Gasteiger partial charge in [-0.25, -0.2) is 4.79 Å². The molecule has 1 amide bonds. The van der Waals surface area contributed by atoms with Crippen LogP contribution in [0.4, 0.5) is 0 Å². The van der Waals surface area contributed by atoms with E-state index in [2.05, 4.69) is 10.1 Å². The Balaban J connectivity index is 2.21. The lowest BCUT2D eigenvalue weighted by Crippen LogP contribution is -2.40. The van der Waals surface area contributed by atoms with Crippen molar-refractivity contribution in [2.75, 3.05) is 7.11 Å². The fourth-order valence-electron chi connectivity index (χ4n) is 1.50. The molecule has 1 aliphatic carbocycles. The van der Waals surface area contributed by atoms with Gasteiger partial charge >= 0.3 is 5.97 Å². The Morgan fingerprint density at radius 3 is 2.57 bits per heavy atom. The number of carbonyl (C=O) groups excluding carboxylic acids is 2. The summed E-state index contributed by atoms with van der Waals surface area (Å²) in [6.07, 6.45) is 4.05. The largest absolute Gasteiger partial charge is 0.467 e. The fraction of sp³-hybridized carbons (Fsp3) is 0.800. The molecule has 0 aromatic rings. The summed E-state index contributed by atoms with van der Waals surface area (Å²) in [4.78, 5) is 22.3. The zero-order chi connectivity index (χ0) is 10.6. The van der Waals surface area contributed by atoms with E-state index in [9.17, 15) is 9.59 Å². The Kier molecular flexibility index (Phi) is 3.92. The third-order valence-electron chi connectivity index (χ3n) is 2.63. The molecule has 0 bridgehead atoms. The number of ether oxygens (including phenoxy) is 1. The summed E-state index contributed by atoms with van der Waals surface area (Å²) in [7, 11) is 1.32. The topological polar surface area (TPSA) is 55.4 Å². The molecule has 1 unspecified atom stereocenters. The maximum absolute atomic E-state index is 11.4. The van der Waals surface area contributed by atoms with E-state index >= 15 is 0 Å². The first-order chi connectivity index (χ1) is 6.63. The van der Waals surface area contributed by atoms with Crippen LogP contribution in [-0.2, 0) is 14.3 Å². The van der Waals surface area contributed by atoms with E-state index < -0.39 is 12.0 Å². The van der Waals surface area contributed by atoms with Gasteiger partial charge in [-0.3, -0.25) is 4.79 Å². The van der Waals surface area contributed by atoms with Gasteiger partial charge < -0.3 is 10.1 Å². The molecule has 0 aromatic heterocycles. The molecular weight excluding hydrogens is 182 g/mol. The average molecular weight is 199 g/mol. The summed E-state index contributed by atoms with van der Waals surface area (Å²) in [5, 5.41) is 2.62. The summed E-state index contributed by atoms with van der Waals surface area (Å²) in [5.74, 6) is 0.0828. The first-order valence-electron chi connectivity index (χ1n) is 5.00. The van der Waals surface area contributed by atoms with Crippen molar-refractivity contribution in [3.05, 3.63) is 0 Å². The van der Waals surface area contributed by atoms with Crippen molar-refractivity contribution < 1.29 is 14.3 Å². The van der Waals surface area contributed by atoms with Gasteiger partial charge in [0.05, 0.1) is 7.11 Å². The lowest BCUT2D eigenvalue weighted by Gasteiger charge is -2.25. The second-order valence-corrected chi connectivity index (χ2v) is 3.81. The molecule has 1 atom stereocenters. The van der Waals surface area contributed by atoms with E-state index in [1.165, 1.54) is 13.5 Å². The number of amides is 1. The second kappa shape index (κ2) is 4.98. The van der Waals surface area contributed by atoms with Crippen LogP contribution in [0.3, 0.4) is 0 Å². The van der Waals surface area contributed by atoms with Crippen LogP contribution in [0, 0.1) is 5.92 Å². The minimum atomic E-state index is -0.535. The van der Waals surface area contributed by atoms with Gasteiger partial charge in [0, 0.05) is 6.42 Å². The number of rotatable bonds is 4. The fourth-order valence-corrected chi connectivity index (χ4v) is 1.50. The lowest BCUT2D eigenvalue weighted by atomic mass is 9.83. The molecule has 0 saturated heterocycles. The number of carbonyl (C=O) groups is 2. The Morgan fingerprint density at radius 2 is 2.14 bits per heavy atom. The Bertz CT molecular complexity index is 223. The van der Waals surface area contributed by atoms with Crippen LogP contribution in [0.15, 0.2) is 0 Å². The highest BCUT2D eigenvalue weighted by molar-refractivity contribution is 5.84. The molecule has 1 fully saturated rings. The molecule has 0 aliphatic heterocycles. The third kappa shape index (κ3) is 3.01. The molecule has 1 saturated carbocycles. The van der Waals surface area contributed by atoms with Gasteiger partial charge in [0.1, 0.15) is 6.04 Å². The monoisotopic (exact) mass is 199 g/mol. The Morgan fingerprint density at radius 1 is 1.50 bits per heavy atom. The minimum absolute atomic E-state index is 0.0485. The Labute approximate surface area is 84.0 Å². The number of hydrogen-bond donors (Lipinski definition) is 1. The highest BCUT2D eigenvalue weighted by Gasteiger charge is 2.22. The zero-order valence-electron chi connectivity index (χ0n) is 8.71. The van der Waals surface area contributed by atoms with Crippen LogP contribution in [0.1, 0.15) is 32.6 Å². The summed E-state index contributed by atoms with van der Waals surface area (Å²) >= 11 is 0. The number of methoxy groups -OCH3 is 1. The van der Waals surface area contributed by atoms with Crippen molar-refractivity contribution in [1.29, 1.82) is 0 Å². The number of esters is 1. The van der Waals surface area contributed by atoms with Gasteiger partial charge in [-0.1, -0.05) is 6.42 Å². The van der Waals surface area contributed by atoms with E-state index in [-0.39, 0.29) is 5.91 Å². The summed E-state index contributed by atoms with van der Waals surface area (Å²) in [5.41, 5.74) is 0. The molecule has 1 rings (SSSR count). The van der Waals surface area contributed by atoms with E-state index in [1.54, 1.807) is 6.92 Å². The van der Waals surface area contributed by atoms with Crippen molar-refractivity contribution in [2.24, 2.45) is 5.92 Å². The maximum atomic E-state index is 11.4. The normalized spacial score (nSPS) is 18.1. The first kappa shape index (κ1) is 11.0. The molecule has 14 heavy (non-hydrogen) atoms. The van der Waals surface area contributed by atoms with Gasteiger partial charge in [-0.15, -0.1) is 0 Å². The van der Waals surface area contributed by atoms with Gasteiger partial charge in [-0.2, -0.15) is 0 Å². The smallest absolute Gasteiger partial charge is 0.328 e. The average Bonchev–Trinajstić information content (AvgIpc) is 2.10. The highest BCUT2D eigenvalue weighted by atomic mass is 16.5. The molecule has 0 heterocycles. The van der Waals surface area contributed by atoms with Crippen molar-refractivity contribution in [3.8, 4) is 0 Å². The van der Waals surface area contributed by atoms with Crippen LogP contribution < -0.4 is 5.32 Å². The van der Waals surface area contributed by atoms with Crippen molar-refractivity contribution in [2.45, 2.75) is 38.6 Å². The van der Waals surface area contributed by atoms with E-state index in [4.69, 9.17) is 0 Å². The van der Waals surface area contributed by atoms with Gasteiger partial charge in [0.25, 0.3) is 0 Å². The predicted octanol–water partition coefficient (Wildman–Crippen LogP) is 0.854. The van der Waals surface area contributed by atoms with Crippen LogP contribution in [0.2, 0.25) is 0 Å². The molecule has 1 aliphatic rings. The third-order valence-corrected chi connectivity index (χ3v) is 2.63. The van der Waals surface area contributed by atoms with Crippen LogP contribution in [0.25, 0.3) is 0 Å². The summed E-state index contributed by atoms with van der Waals surface area (Å²) in [6.45, 7) is 1.63. The predicted molar refractivity (Wildman–Crippen MR) is 51.6 cm³/mol. The van der Waals surface area contributed by atoms with Crippen molar-refractivity contribution in [3.63, 3.8) is 0 Å². The van der Waals surface area contributed by atoms with E-state index in [0.717, 1.165) is 12.8 Å². The van der Waals surface area contributed by atoms with Crippen molar-refractivity contribution in [1.82, 2.24) is 5.32 Å². The van der Waals surface area contributed by atoms with E-state index in [1.807, 2.05) is 0 Å². The standard InChI is InChI=1S/C10H17NO3/c1-7(10(13)14-2)11-9(12)6-8-4-3-5-8/h7-8H,3-6H2,1-2H3,(H,11,12). The molecular formula is C10H17NO3. The lowest BCUT2D eigenvalue weighted by molar-refractivity contribution is -0.144. The van der Waals surface area contributed by atoms with Crippen LogP contribution in [-0.4, -0.2) is 25.0 Å².